The minimum Gasteiger partial charge on any atom is -0.456 e. The largest absolute Gasteiger partial charge is 0.456 e. The fraction of sp³-hybridized carbons (Fsp3) is 0.393. The molecule has 1 aromatic heterocycles. The van der Waals surface area contributed by atoms with E-state index in [1.165, 1.54) is 11.1 Å². The highest BCUT2D eigenvalue weighted by Gasteiger charge is 2.43. The lowest BCUT2D eigenvalue weighted by atomic mass is 10.0. The first-order chi connectivity index (χ1) is 17.5. The Morgan fingerprint density at radius 2 is 1.86 bits per heavy atom. The molecule has 8 nitrogen and oxygen atoms in total. The minimum atomic E-state index is -0.863. The summed E-state index contributed by atoms with van der Waals surface area (Å²) in [5.41, 5.74) is 3.45. The lowest BCUT2D eigenvalue weighted by Crippen LogP contribution is -2.44. The van der Waals surface area contributed by atoms with Gasteiger partial charge in [0.1, 0.15) is 23.9 Å². The normalized spacial score (nSPS) is 21.8. The number of nitrogens with one attached hydrogen (secondary N) is 1. The summed E-state index contributed by atoms with van der Waals surface area (Å²) >= 11 is 0. The monoisotopic (exact) mass is 488 g/mol. The van der Waals surface area contributed by atoms with Crippen molar-refractivity contribution < 1.29 is 19.4 Å². The van der Waals surface area contributed by atoms with E-state index >= 15 is 0 Å². The second-order valence-electron chi connectivity index (χ2n) is 9.57. The van der Waals surface area contributed by atoms with Gasteiger partial charge in [0.2, 0.25) is 0 Å². The van der Waals surface area contributed by atoms with E-state index in [1.807, 2.05) is 19.1 Å². The van der Waals surface area contributed by atoms with E-state index in [2.05, 4.69) is 64.6 Å². The van der Waals surface area contributed by atoms with Crippen molar-refractivity contribution in [2.45, 2.75) is 25.4 Å². The van der Waals surface area contributed by atoms with Crippen molar-refractivity contribution >= 4 is 22.0 Å². The molecule has 0 amide bonds. The molecule has 36 heavy (non-hydrogen) atoms. The number of ether oxygens (including phenoxy) is 1. The molecule has 3 aromatic rings. The van der Waals surface area contributed by atoms with Crippen LogP contribution >= 0.6 is 0 Å². The van der Waals surface area contributed by atoms with Crippen LogP contribution in [0.25, 0.3) is 27.7 Å². The Kier molecular flexibility index (Phi) is 7.10. The van der Waals surface area contributed by atoms with Gasteiger partial charge in [-0.05, 0) is 55.1 Å². The van der Waals surface area contributed by atoms with Crippen LogP contribution in [-0.4, -0.2) is 79.9 Å². The third-order valence-electron chi connectivity index (χ3n) is 7.02. The molecule has 2 saturated heterocycles. The first kappa shape index (κ1) is 24.5. The number of hydrogen-bond donors (Lipinski definition) is 3. The number of nitriles is 1. The lowest BCUT2D eigenvalue weighted by Gasteiger charge is -2.34. The lowest BCUT2D eigenvalue weighted by molar-refractivity contribution is 0.0915. The van der Waals surface area contributed by atoms with Gasteiger partial charge in [-0.25, -0.2) is 0 Å². The molecule has 2 aliphatic heterocycles. The third kappa shape index (κ3) is 5.16. The smallest absolute Gasteiger partial charge is 0.140 e. The van der Waals surface area contributed by atoms with Crippen LogP contribution in [0.3, 0.4) is 0 Å². The van der Waals surface area contributed by atoms with Crippen LogP contribution in [0.2, 0.25) is 0 Å². The molecule has 188 valence electrons. The van der Waals surface area contributed by atoms with Crippen LogP contribution in [-0.2, 0) is 4.74 Å². The predicted molar refractivity (Wildman–Crippen MR) is 139 cm³/mol. The zero-order chi connectivity index (χ0) is 25.2. The van der Waals surface area contributed by atoms with Crippen LogP contribution in [0.15, 0.2) is 58.5 Å². The summed E-state index contributed by atoms with van der Waals surface area (Å²) in [6.45, 7) is 5.96. The summed E-state index contributed by atoms with van der Waals surface area (Å²) in [4.78, 5) is 4.79. The summed E-state index contributed by atoms with van der Waals surface area (Å²) in [6, 6.07) is 19.0. The zero-order valence-electron chi connectivity index (χ0n) is 20.6. The molecule has 3 heterocycles. The number of benzene rings is 2. The molecule has 0 saturated carbocycles. The van der Waals surface area contributed by atoms with Crippen molar-refractivity contribution in [3.8, 4) is 17.4 Å². The molecule has 3 atom stereocenters. The Morgan fingerprint density at radius 3 is 2.61 bits per heavy atom. The molecule has 0 bridgehead atoms. The van der Waals surface area contributed by atoms with Gasteiger partial charge in [-0.15, -0.1) is 0 Å². The summed E-state index contributed by atoms with van der Waals surface area (Å²) in [5, 5.41) is 33.5. The fourth-order valence-corrected chi connectivity index (χ4v) is 4.64. The maximum atomic E-state index is 9.73. The highest BCUT2D eigenvalue weighted by Crippen LogP contribution is 2.35. The Morgan fingerprint density at radius 1 is 1.11 bits per heavy atom. The second-order valence-corrected chi connectivity index (χ2v) is 9.57. The minimum absolute atomic E-state index is 0.194. The standard InChI is InChI=1S/C28H32N4O4/c1-18(24(15-29)27-28(36-27)30-16-23(34)17-33)25-7-8-26(35-25)21-4-3-20-14-22(6-5-19(20)13-21)32-11-9-31(2)10-12-32/h3-8,13-14,23,27-28,30,33-34H,9-12,16-17H2,1-2H3/b24-18+. The number of likely N-dealkylation sites (N-methyl/N-ethyl adjacent to an activating group) is 1. The van der Waals surface area contributed by atoms with E-state index in [9.17, 15) is 10.4 Å². The van der Waals surface area contributed by atoms with Crippen molar-refractivity contribution in [3.63, 3.8) is 0 Å². The van der Waals surface area contributed by atoms with Gasteiger partial charge >= 0.3 is 0 Å². The van der Waals surface area contributed by atoms with Gasteiger partial charge < -0.3 is 29.2 Å². The predicted octanol–water partition coefficient (Wildman–Crippen LogP) is 2.82. The van der Waals surface area contributed by atoms with Gasteiger partial charge in [-0.3, -0.25) is 5.32 Å². The Balaban J connectivity index is 1.31. The van der Waals surface area contributed by atoms with E-state index in [0.717, 1.165) is 48.5 Å². The number of anilines is 1. The molecule has 0 spiro atoms. The van der Waals surface area contributed by atoms with Crippen LogP contribution in [0.5, 0.6) is 0 Å². The van der Waals surface area contributed by atoms with Crippen molar-refractivity contribution in [2.75, 3.05) is 51.3 Å². The number of allylic oxidation sites excluding steroid dienone is 1. The molecular weight excluding hydrogens is 456 g/mol. The Labute approximate surface area is 211 Å². The van der Waals surface area contributed by atoms with Gasteiger partial charge in [-0.1, -0.05) is 18.2 Å². The number of furan rings is 1. The van der Waals surface area contributed by atoms with Crippen LogP contribution < -0.4 is 10.2 Å². The molecular formula is C28H32N4O4. The summed E-state index contributed by atoms with van der Waals surface area (Å²) in [6.07, 6.45) is -1.62. The average Bonchev–Trinajstić information content (AvgIpc) is 3.49. The molecule has 3 unspecified atom stereocenters. The number of aliphatic hydroxyl groups is 2. The van der Waals surface area contributed by atoms with Crippen LogP contribution in [0.4, 0.5) is 5.69 Å². The van der Waals surface area contributed by atoms with Gasteiger partial charge in [0.15, 0.2) is 0 Å². The summed E-state index contributed by atoms with van der Waals surface area (Å²) in [7, 11) is 2.17. The topological polar surface area (TPSA) is 108 Å². The van der Waals surface area contributed by atoms with E-state index in [1.54, 1.807) is 0 Å². The first-order valence-electron chi connectivity index (χ1n) is 12.3. The molecule has 5 rings (SSSR count). The molecule has 2 aliphatic rings. The van der Waals surface area contributed by atoms with E-state index in [-0.39, 0.29) is 19.4 Å². The molecule has 2 aromatic carbocycles. The molecule has 0 radical (unpaired) electrons. The van der Waals surface area contributed by atoms with Gasteiger partial charge in [0, 0.05) is 49.5 Å². The van der Waals surface area contributed by atoms with Crippen molar-refractivity contribution in [2.24, 2.45) is 0 Å². The molecule has 0 aliphatic carbocycles. The number of hydrogen-bond acceptors (Lipinski definition) is 8. The number of epoxide rings is 1. The van der Waals surface area contributed by atoms with Crippen molar-refractivity contribution in [1.29, 1.82) is 5.26 Å². The van der Waals surface area contributed by atoms with Gasteiger partial charge in [0.05, 0.1) is 24.4 Å². The van der Waals surface area contributed by atoms with E-state index in [0.29, 0.717) is 11.3 Å². The number of fused-ring (bicyclic) bond motifs is 1. The SMILES string of the molecule is C/C(=C(/C#N)C1OC1NCC(O)CO)c1ccc(-c2ccc3cc(N4CCN(C)CC4)ccc3c2)o1. The number of aliphatic hydroxyl groups excluding tert-OH is 2. The second kappa shape index (κ2) is 10.4. The quantitative estimate of drug-likeness (QED) is 0.328. The zero-order valence-corrected chi connectivity index (χ0v) is 20.6. The van der Waals surface area contributed by atoms with Crippen molar-refractivity contribution in [3.05, 3.63) is 59.9 Å². The number of nitrogens with zero attached hydrogens (tertiary/aromatic N) is 3. The number of rotatable bonds is 8. The Hall–Kier alpha value is -3.19. The summed E-state index contributed by atoms with van der Waals surface area (Å²) in [5.74, 6) is 1.36. The molecule has 3 N–H and O–H groups in total. The Bertz CT molecular complexity index is 1300. The first-order valence-corrected chi connectivity index (χ1v) is 12.3. The van der Waals surface area contributed by atoms with Crippen molar-refractivity contribution in [1.82, 2.24) is 10.2 Å². The van der Waals surface area contributed by atoms with Gasteiger partial charge in [-0.2, -0.15) is 5.26 Å². The molecule has 8 heteroatoms. The average molecular weight is 489 g/mol. The van der Waals surface area contributed by atoms with Crippen LogP contribution in [0.1, 0.15) is 12.7 Å². The summed E-state index contributed by atoms with van der Waals surface area (Å²) < 4.78 is 11.7. The fourth-order valence-electron chi connectivity index (χ4n) is 4.64. The number of piperazine rings is 1. The molecule has 2 fully saturated rings. The van der Waals surface area contributed by atoms with E-state index in [4.69, 9.17) is 14.3 Å². The van der Waals surface area contributed by atoms with Crippen LogP contribution in [0, 0.1) is 11.3 Å². The van der Waals surface area contributed by atoms with Gasteiger partial charge in [0.25, 0.3) is 0 Å². The highest BCUT2D eigenvalue weighted by molar-refractivity contribution is 5.89. The maximum absolute atomic E-state index is 9.73. The highest BCUT2D eigenvalue weighted by atomic mass is 16.6. The third-order valence-corrected chi connectivity index (χ3v) is 7.02. The van der Waals surface area contributed by atoms with E-state index < -0.39 is 12.2 Å². The maximum Gasteiger partial charge on any atom is 0.140 e.